The molecule has 0 aromatic heterocycles. The van der Waals surface area contributed by atoms with Crippen LogP contribution in [-0.4, -0.2) is 12.4 Å². The Morgan fingerprint density at radius 3 is 2.94 bits per heavy atom. The fourth-order valence-electron chi connectivity index (χ4n) is 1.19. The minimum absolute atomic E-state index is 0.104. The average Bonchev–Trinajstić information content (AvgIpc) is 2.37. The van der Waals surface area contributed by atoms with Crippen LogP contribution < -0.4 is 4.74 Å². The molecule has 0 aliphatic carbocycles. The number of carbonyl (C=O) groups excluding carboxylic acids is 1. The van der Waals surface area contributed by atoms with Crippen LogP contribution in [0.4, 0.5) is 0 Å². The molecule has 1 rings (SSSR count). The van der Waals surface area contributed by atoms with Gasteiger partial charge < -0.3 is 4.74 Å². The maximum absolute atomic E-state index is 11.2. The summed E-state index contributed by atoms with van der Waals surface area (Å²) in [6.07, 6.45) is 3.87. The highest BCUT2D eigenvalue weighted by Gasteiger charge is 1.99. The van der Waals surface area contributed by atoms with E-state index in [4.69, 9.17) is 4.74 Å². The van der Waals surface area contributed by atoms with Crippen molar-refractivity contribution in [2.45, 2.75) is 13.3 Å². The third-order valence-corrected chi connectivity index (χ3v) is 2.46. The average molecular weight is 340 g/mol. The summed E-state index contributed by atoms with van der Waals surface area (Å²) >= 11 is 1.97. The van der Waals surface area contributed by atoms with Gasteiger partial charge in [0.2, 0.25) is 0 Å². The zero-order valence-electron chi connectivity index (χ0n) is 9.57. The highest BCUT2D eigenvalue weighted by atomic mass is 127. The van der Waals surface area contributed by atoms with Crippen molar-refractivity contribution < 1.29 is 9.53 Å². The van der Waals surface area contributed by atoms with Gasteiger partial charge in [-0.1, -0.05) is 31.0 Å². The molecule has 0 atom stereocenters. The maximum atomic E-state index is 11.2. The minimum Gasteiger partial charge on any atom is -0.480 e. The number of para-hydroxylation sites is 1. The van der Waals surface area contributed by atoms with Gasteiger partial charge in [-0.05, 0) is 22.1 Å². The molecule has 2 nitrogen and oxygen atoms in total. The standard InChI is InChI=1S/C14H13IO2/c1-2-13(16)9-8-12-6-3-4-7-14(12)17-11-5-10-15/h3-4,6-9H,2,11H2,1H3/b9-8+. The molecule has 0 saturated carbocycles. The van der Waals surface area contributed by atoms with Crippen LogP contribution in [0, 0.1) is 9.85 Å². The van der Waals surface area contributed by atoms with E-state index in [0.29, 0.717) is 13.0 Å². The first-order valence-electron chi connectivity index (χ1n) is 5.29. The van der Waals surface area contributed by atoms with Gasteiger partial charge in [-0.25, -0.2) is 0 Å². The predicted octanol–water partition coefficient (Wildman–Crippen LogP) is 3.45. The van der Waals surface area contributed by atoms with E-state index in [1.54, 1.807) is 12.2 Å². The molecule has 1 aromatic carbocycles. The quantitative estimate of drug-likeness (QED) is 0.466. The number of allylic oxidation sites excluding steroid dienone is 1. The molecular weight excluding hydrogens is 327 g/mol. The van der Waals surface area contributed by atoms with Crippen LogP contribution >= 0.6 is 22.6 Å². The summed E-state index contributed by atoms with van der Waals surface area (Å²) < 4.78 is 8.24. The molecule has 0 heterocycles. The minimum atomic E-state index is 0.104. The van der Waals surface area contributed by atoms with Crippen molar-refractivity contribution in [2.75, 3.05) is 6.61 Å². The first-order valence-corrected chi connectivity index (χ1v) is 6.37. The zero-order valence-corrected chi connectivity index (χ0v) is 11.7. The van der Waals surface area contributed by atoms with E-state index in [9.17, 15) is 4.79 Å². The lowest BCUT2D eigenvalue weighted by Crippen LogP contribution is -1.95. The summed E-state index contributed by atoms with van der Waals surface area (Å²) in [6, 6.07) is 7.58. The molecule has 17 heavy (non-hydrogen) atoms. The van der Waals surface area contributed by atoms with Crippen LogP contribution in [0.3, 0.4) is 0 Å². The highest BCUT2D eigenvalue weighted by molar-refractivity contribution is 14.1. The topological polar surface area (TPSA) is 26.3 Å². The monoisotopic (exact) mass is 340 g/mol. The molecule has 0 bridgehead atoms. The van der Waals surface area contributed by atoms with Crippen molar-refractivity contribution in [2.24, 2.45) is 0 Å². The molecule has 0 radical (unpaired) electrons. The lowest BCUT2D eigenvalue weighted by Gasteiger charge is -2.05. The van der Waals surface area contributed by atoms with Crippen LogP contribution in [-0.2, 0) is 4.79 Å². The van der Waals surface area contributed by atoms with Crippen LogP contribution in [0.5, 0.6) is 5.75 Å². The van der Waals surface area contributed by atoms with E-state index in [2.05, 4.69) is 9.85 Å². The molecule has 0 amide bonds. The smallest absolute Gasteiger partial charge is 0.155 e. The molecule has 1 aromatic rings. The second-order valence-electron chi connectivity index (χ2n) is 3.25. The molecule has 0 saturated heterocycles. The van der Waals surface area contributed by atoms with E-state index < -0.39 is 0 Å². The van der Waals surface area contributed by atoms with Gasteiger partial charge in [0.15, 0.2) is 5.78 Å². The number of benzene rings is 1. The molecule has 0 unspecified atom stereocenters. The molecule has 0 aliphatic rings. The normalized spacial score (nSPS) is 9.76. The van der Waals surface area contributed by atoms with Gasteiger partial charge in [-0.2, -0.15) is 0 Å². The van der Waals surface area contributed by atoms with Gasteiger partial charge in [0.05, 0.1) is 0 Å². The number of rotatable bonds is 5. The van der Waals surface area contributed by atoms with Crippen molar-refractivity contribution >= 4 is 34.5 Å². The highest BCUT2D eigenvalue weighted by Crippen LogP contribution is 2.19. The third kappa shape index (κ3) is 5.05. The molecular formula is C14H13IO2. The summed E-state index contributed by atoms with van der Waals surface area (Å²) in [5.41, 5.74) is 0.893. The summed E-state index contributed by atoms with van der Waals surface area (Å²) in [4.78, 5) is 11.2. The van der Waals surface area contributed by atoms with Crippen LogP contribution in [0.25, 0.3) is 6.08 Å². The first-order chi connectivity index (χ1) is 8.27. The van der Waals surface area contributed by atoms with Crippen molar-refractivity contribution in [3.63, 3.8) is 0 Å². The first kappa shape index (κ1) is 13.8. The molecule has 3 heteroatoms. The molecule has 88 valence electrons. The largest absolute Gasteiger partial charge is 0.480 e. The van der Waals surface area contributed by atoms with Crippen LogP contribution in [0.1, 0.15) is 18.9 Å². The Kier molecular flexibility index (Phi) is 6.41. The number of hydrogen-bond acceptors (Lipinski definition) is 2. The van der Waals surface area contributed by atoms with Gasteiger partial charge in [0.25, 0.3) is 0 Å². The number of ketones is 1. The molecule has 0 aliphatic heterocycles. The SMILES string of the molecule is CCC(=O)/C=C/c1ccccc1OCC#CI. The van der Waals surface area contributed by atoms with Gasteiger partial charge in [0.1, 0.15) is 12.4 Å². The van der Waals surface area contributed by atoms with Gasteiger partial charge in [-0.15, -0.1) is 0 Å². The Hall–Kier alpha value is -1.28. The third-order valence-electron chi connectivity index (χ3n) is 2.08. The van der Waals surface area contributed by atoms with E-state index in [-0.39, 0.29) is 5.78 Å². The number of hydrogen-bond donors (Lipinski definition) is 0. The number of ether oxygens (including phenoxy) is 1. The van der Waals surface area contributed by atoms with Gasteiger partial charge in [0, 0.05) is 34.6 Å². The fourth-order valence-corrected chi connectivity index (χ4v) is 1.35. The Morgan fingerprint density at radius 2 is 2.24 bits per heavy atom. The summed E-state index contributed by atoms with van der Waals surface area (Å²) in [5, 5.41) is 0. The second kappa shape index (κ2) is 7.91. The van der Waals surface area contributed by atoms with Crippen LogP contribution in [0.15, 0.2) is 30.3 Å². The maximum Gasteiger partial charge on any atom is 0.155 e. The van der Waals surface area contributed by atoms with E-state index in [1.165, 1.54) is 0 Å². The second-order valence-corrected chi connectivity index (χ2v) is 3.79. The summed E-state index contributed by atoms with van der Waals surface area (Å²) in [7, 11) is 0. The fraction of sp³-hybridized carbons (Fsp3) is 0.214. The Bertz CT molecular complexity index is 467. The van der Waals surface area contributed by atoms with E-state index >= 15 is 0 Å². The van der Waals surface area contributed by atoms with Crippen molar-refractivity contribution in [1.82, 2.24) is 0 Å². The number of halogens is 1. The molecule has 0 fully saturated rings. The molecule has 0 spiro atoms. The predicted molar refractivity (Wildman–Crippen MR) is 78.1 cm³/mol. The Balaban J connectivity index is 2.79. The van der Waals surface area contributed by atoms with Gasteiger partial charge >= 0.3 is 0 Å². The van der Waals surface area contributed by atoms with Crippen molar-refractivity contribution in [3.8, 4) is 15.6 Å². The van der Waals surface area contributed by atoms with Crippen molar-refractivity contribution in [3.05, 3.63) is 35.9 Å². The van der Waals surface area contributed by atoms with Gasteiger partial charge in [-0.3, -0.25) is 4.79 Å². The molecule has 0 N–H and O–H groups in total. The summed E-state index contributed by atoms with van der Waals surface area (Å²) in [6.45, 7) is 2.20. The number of carbonyl (C=O) groups is 1. The lowest BCUT2D eigenvalue weighted by molar-refractivity contribution is -0.114. The Morgan fingerprint density at radius 1 is 1.47 bits per heavy atom. The van der Waals surface area contributed by atoms with E-state index in [0.717, 1.165) is 11.3 Å². The van der Waals surface area contributed by atoms with E-state index in [1.807, 2.05) is 53.8 Å². The Labute approximate surface area is 115 Å². The van der Waals surface area contributed by atoms with Crippen molar-refractivity contribution in [1.29, 1.82) is 0 Å². The summed E-state index contributed by atoms with van der Waals surface area (Å²) in [5.74, 6) is 3.67. The van der Waals surface area contributed by atoms with Crippen LogP contribution in [0.2, 0.25) is 0 Å². The zero-order chi connectivity index (χ0) is 12.5. The lowest BCUT2D eigenvalue weighted by atomic mass is 10.1.